The van der Waals surface area contributed by atoms with Gasteiger partial charge in [0.05, 0.1) is 29.5 Å². The number of para-hydroxylation sites is 1. The van der Waals surface area contributed by atoms with Crippen molar-refractivity contribution in [3.05, 3.63) is 76.6 Å². The lowest BCUT2D eigenvalue weighted by atomic mass is 9.87. The Kier molecular flexibility index (Phi) is 6.39. The fourth-order valence-corrected chi connectivity index (χ4v) is 4.56. The van der Waals surface area contributed by atoms with Crippen molar-refractivity contribution in [3.8, 4) is 22.9 Å². The lowest BCUT2D eigenvalue weighted by Crippen LogP contribution is -2.62. The van der Waals surface area contributed by atoms with Crippen LogP contribution in [0.1, 0.15) is 12.0 Å². The molecule has 4 rings (SSSR count). The van der Waals surface area contributed by atoms with E-state index in [9.17, 15) is 23.8 Å². The summed E-state index contributed by atoms with van der Waals surface area (Å²) in [4.78, 5) is 12.9. The highest BCUT2D eigenvalue weighted by atomic mass is 32.2. The van der Waals surface area contributed by atoms with E-state index in [0.29, 0.717) is 24.2 Å². The first kappa shape index (κ1) is 22.4. The second-order valence-corrected chi connectivity index (χ2v) is 8.83. The number of hydrogen-bond donors (Lipinski definition) is 1. The molecule has 1 saturated heterocycles. The van der Waals surface area contributed by atoms with Gasteiger partial charge in [0.2, 0.25) is 5.75 Å². The van der Waals surface area contributed by atoms with Gasteiger partial charge in [-0.2, -0.15) is 10.4 Å². The number of hydrogen-bond acceptors (Lipinski definition) is 8. The second-order valence-electron chi connectivity index (χ2n) is 7.88. The van der Waals surface area contributed by atoms with Crippen LogP contribution in [0.3, 0.4) is 0 Å². The third-order valence-electron chi connectivity index (χ3n) is 5.56. The molecule has 0 N–H and O–H groups in total. The third-order valence-corrected chi connectivity index (χ3v) is 6.19. The quantitative estimate of drug-likeness (QED) is 0.289. The van der Waals surface area contributed by atoms with E-state index in [0.717, 1.165) is 5.56 Å². The third kappa shape index (κ3) is 4.72. The fraction of sp³-hybridized carbons (Fsp3) is 0.273. The fourth-order valence-electron chi connectivity index (χ4n) is 4.03. The van der Waals surface area contributed by atoms with Crippen molar-refractivity contribution in [3.63, 3.8) is 0 Å². The van der Waals surface area contributed by atoms with Crippen LogP contribution in [-0.2, 0) is 22.8 Å². The van der Waals surface area contributed by atoms with Gasteiger partial charge in [0.1, 0.15) is 12.1 Å². The van der Waals surface area contributed by atoms with Crippen LogP contribution in [0.25, 0.3) is 11.1 Å². The van der Waals surface area contributed by atoms with Crippen LogP contribution >= 0.6 is 0 Å². The minimum Gasteiger partial charge on any atom is -0.482 e. The van der Waals surface area contributed by atoms with Crippen LogP contribution < -0.4 is 4.74 Å². The number of rotatable bonds is 9. The highest BCUT2D eigenvalue weighted by molar-refractivity contribution is 7.72. The Morgan fingerprint density at radius 1 is 1.18 bits per heavy atom. The zero-order valence-electron chi connectivity index (χ0n) is 17.5. The van der Waals surface area contributed by atoms with Crippen LogP contribution in [0.15, 0.2) is 60.9 Å². The van der Waals surface area contributed by atoms with Crippen molar-refractivity contribution in [1.29, 1.82) is 5.26 Å². The first-order valence-electron chi connectivity index (χ1n) is 10.1. The van der Waals surface area contributed by atoms with E-state index in [1.54, 1.807) is 34.1 Å². The highest BCUT2D eigenvalue weighted by Gasteiger charge is 2.45. The van der Waals surface area contributed by atoms with Crippen molar-refractivity contribution in [1.82, 2.24) is 14.7 Å². The number of likely N-dealkylation sites (tertiary alicyclic amines) is 1. The molecule has 0 unspecified atom stereocenters. The topological polar surface area (TPSA) is 131 Å². The van der Waals surface area contributed by atoms with Crippen LogP contribution in [0.2, 0.25) is 0 Å². The molecule has 1 aromatic heterocycles. The average molecular weight is 468 g/mol. The zero-order valence-corrected chi connectivity index (χ0v) is 18.4. The summed E-state index contributed by atoms with van der Waals surface area (Å²) >= 11 is 0. The number of nitrogens with zero attached hydrogens (tertiary/aromatic N) is 5. The molecule has 0 amide bonds. The van der Waals surface area contributed by atoms with Gasteiger partial charge in [0.15, 0.2) is 10.7 Å². The van der Waals surface area contributed by atoms with Gasteiger partial charge < -0.3 is 4.74 Å². The Labute approximate surface area is 191 Å². The SMILES string of the molecule is N#CCC1(n2cc(-c3cccc([N+](=O)[O-])c3OCc3ccccc3)cn2)CN(C[SH](=O)=O)C1. The summed E-state index contributed by atoms with van der Waals surface area (Å²) in [6.07, 6.45) is 3.46. The predicted octanol–water partition coefficient (Wildman–Crippen LogP) is 2.53. The molecule has 0 aliphatic carbocycles. The zero-order chi connectivity index (χ0) is 23.4. The molecule has 0 saturated carbocycles. The first-order valence-corrected chi connectivity index (χ1v) is 11.5. The number of nitro benzene ring substituents is 1. The normalized spacial score (nSPS) is 15.0. The number of aromatic nitrogens is 2. The van der Waals surface area contributed by atoms with Gasteiger partial charge in [0, 0.05) is 36.5 Å². The summed E-state index contributed by atoms with van der Waals surface area (Å²) in [7, 11) is -2.55. The van der Waals surface area contributed by atoms with Crippen LogP contribution in [0, 0.1) is 21.4 Å². The maximum absolute atomic E-state index is 11.7. The van der Waals surface area contributed by atoms with Gasteiger partial charge in [0.25, 0.3) is 0 Å². The number of benzene rings is 2. The minimum atomic E-state index is -2.55. The molecule has 3 aromatic rings. The van der Waals surface area contributed by atoms with Crippen molar-refractivity contribution >= 4 is 16.4 Å². The molecule has 10 nitrogen and oxygen atoms in total. The van der Waals surface area contributed by atoms with Gasteiger partial charge >= 0.3 is 5.69 Å². The Morgan fingerprint density at radius 2 is 1.94 bits per heavy atom. The van der Waals surface area contributed by atoms with E-state index < -0.39 is 21.2 Å². The number of nitro groups is 1. The van der Waals surface area contributed by atoms with Crippen molar-refractivity contribution in [2.75, 3.05) is 19.0 Å². The summed E-state index contributed by atoms with van der Waals surface area (Å²) in [5.41, 5.74) is 1.18. The maximum Gasteiger partial charge on any atom is 0.311 e. The molecule has 0 spiro atoms. The van der Waals surface area contributed by atoms with E-state index in [-0.39, 0.29) is 30.3 Å². The van der Waals surface area contributed by atoms with E-state index >= 15 is 0 Å². The molecule has 1 aliphatic rings. The number of ether oxygens (including phenoxy) is 1. The standard InChI is InChI=1S/C22H21N5O5S/c23-10-9-22(14-25(15-22)16-33(30)31)26-12-18(11-24-26)19-7-4-8-20(27(28)29)21(19)32-13-17-5-2-1-3-6-17/h1-8,11-12,33H,9,13-16H2. The van der Waals surface area contributed by atoms with Gasteiger partial charge in [-0.25, -0.2) is 8.42 Å². The molecular formula is C22H21N5O5S. The smallest absolute Gasteiger partial charge is 0.311 e. The molecular weight excluding hydrogens is 446 g/mol. The number of thiol groups is 1. The highest BCUT2D eigenvalue weighted by Crippen LogP contribution is 2.40. The van der Waals surface area contributed by atoms with Crippen LogP contribution in [-0.4, -0.2) is 47.0 Å². The lowest BCUT2D eigenvalue weighted by Gasteiger charge is -2.48. The monoisotopic (exact) mass is 467 g/mol. The van der Waals surface area contributed by atoms with E-state index in [1.807, 2.05) is 30.3 Å². The van der Waals surface area contributed by atoms with Crippen LogP contribution in [0.5, 0.6) is 5.75 Å². The predicted molar refractivity (Wildman–Crippen MR) is 120 cm³/mol. The lowest BCUT2D eigenvalue weighted by molar-refractivity contribution is -0.385. The number of nitriles is 1. The van der Waals surface area contributed by atoms with E-state index in [1.165, 1.54) is 6.07 Å². The summed E-state index contributed by atoms with van der Waals surface area (Å²) in [5, 5.41) is 25.4. The summed E-state index contributed by atoms with van der Waals surface area (Å²) in [6.45, 7) is 0.905. The van der Waals surface area contributed by atoms with E-state index in [2.05, 4.69) is 11.2 Å². The van der Waals surface area contributed by atoms with Crippen molar-refractivity contribution in [2.24, 2.45) is 0 Å². The average Bonchev–Trinajstić information content (AvgIpc) is 3.26. The van der Waals surface area contributed by atoms with Gasteiger partial charge in [-0.1, -0.05) is 42.5 Å². The first-order chi connectivity index (χ1) is 15.9. The Balaban J connectivity index is 1.65. The van der Waals surface area contributed by atoms with Crippen molar-refractivity contribution in [2.45, 2.75) is 18.6 Å². The maximum atomic E-state index is 11.7. The van der Waals surface area contributed by atoms with Gasteiger partial charge in [-0.3, -0.25) is 19.7 Å². The molecule has 11 heteroatoms. The second kappa shape index (κ2) is 9.40. The molecule has 2 aromatic carbocycles. The molecule has 170 valence electrons. The van der Waals surface area contributed by atoms with Crippen LogP contribution in [0.4, 0.5) is 5.69 Å². The molecule has 0 atom stereocenters. The molecule has 1 fully saturated rings. The van der Waals surface area contributed by atoms with E-state index in [4.69, 9.17) is 4.74 Å². The Morgan fingerprint density at radius 3 is 2.61 bits per heavy atom. The minimum absolute atomic E-state index is 0.0704. The van der Waals surface area contributed by atoms with Crippen molar-refractivity contribution < 1.29 is 18.1 Å². The summed E-state index contributed by atoms with van der Waals surface area (Å²) < 4.78 is 29.6. The molecule has 2 heterocycles. The molecule has 33 heavy (non-hydrogen) atoms. The Hall–Kier alpha value is -3.75. The van der Waals surface area contributed by atoms with Gasteiger partial charge in [-0.15, -0.1) is 0 Å². The van der Waals surface area contributed by atoms with Gasteiger partial charge in [-0.05, 0) is 5.56 Å². The Bertz CT molecular complexity index is 1270. The molecule has 0 radical (unpaired) electrons. The summed E-state index contributed by atoms with van der Waals surface area (Å²) in [5.74, 6) is 0.0674. The largest absolute Gasteiger partial charge is 0.482 e. The molecule has 1 aliphatic heterocycles. The molecule has 0 bridgehead atoms. The summed E-state index contributed by atoms with van der Waals surface area (Å²) in [6, 6.07) is 16.2.